The van der Waals surface area contributed by atoms with E-state index in [-0.39, 0.29) is 35.5 Å². The summed E-state index contributed by atoms with van der Waals surface area (Å²) in [5, 5.41) is 0. The summed E-state index contributed by atoms with van der Waals surface area (Å²) in [6.45, 7) is 17.7. The topological polar surface area (TPSA) is 18.5 Å². The lowest BCUT2D eigenvalue weighted by Crippen LogP contribution is -2.26. The number of hydrogen-bond acceptors (Lipinski definition) is 2. The molecule has 0 spiro atoms. The highest BCUT2D eigenvalue weighted by molar-refractivity contribution is 5.51. The van der Waals surface area contributed by atoms with E-state index in [2.05, 4.69) is 33.2 Å². The first kappa shape index (κ1) is 24.0. The van der Waals surface area contributed by atoms with Crippen LogP contribution in [0.15, 0.2) is 55.1 Å². The zero-order valence-electron chi connectivity index (χ0n) is 18.0. The molecule has 0 aromatic heterocycles. The van der Waals surface area contributed by atoms with Crippen molar-refractivity contribution in [1.82, 2.24) is 0 Å². The van der Waals surface area contributed by atoms with Gasteiger partial charge in [-0.1, -0.05) is 33.4 Å². The molecule has 1 aromatic carbocycles. The maximum atomic E-state index is 14.8. The lowest BCUT2D eigenvalue weighted by atomic mass is 9.87. The van der Waals surface area contributed by atoms with Crippen LogP contribution in [0, 0.1) is 11.6 Å². The fourth-order valence-corrected chi connectivity index (χ4v) is 3.82. The molecule has 2 unspecified atom stereocenters. The third-order valence-corrected chi connectivity index (χ3v) is 5.55. The van der Waals surface area contributed by atoms with Crippen LogP contribution < -0.4 is 4.74 Å². The summed E-state index contributed by atoms with van der Waals surface area (Å²) in [6, 6.07) is 1.62. The van der Waals surface area contributed by atoms with Crippen LogP contribution in [0.2, 0.25) is 0 Å². The fourth-order valence-electron chi connectivity index (χ4n) is 3.82. The van der Waals surface area contributed by atoms with Gasteiger partial charge in [-0.2, -0.15) is 4.39 Å². The van der Waals surface area contributed by atoms with Crippen molar-refractivity contribution in [1.29, 1.82) is 0 Å². The van der Waals surface area contributed by atoms with E-state index in [4.69, 9.17) is 9.47 Å². The molecule has 2 aliphatic rings. The molecule has 30 heavy (non-hydrogen) atoms. The molecule has 2 atom stereocenters. The average Bonchev–Trinajstić information content (AvgIpc) is 2.77. The third kappa shape index (κ3) is 4.89. The van der Waals surface area contributed by atoms with E-state index in [1.165, 1.54) is 0 Å². The summed E-state index contributed by atoms with van der Waals surface area (Å²) in [6.07, 6.45) is 4.37. The fraction of sp³-hybridized carbons (Fsp3) is 0.440. The van der Waals surface area contributed by atoms with Gasteiger partial charge in [0.15, 0.2) is 23.2 Å². The highest BCUT2D eigenvalue weighted by Crippen LogP contribution is 2.42. The van der Waals surface area contributed by atoms with E-state index in [9.17, 15) is 13.2 Å². The molecule has 5 heteroatoms. The lowest BCUT2D eigenvalue weighted by Gasteiger charge is -2.31. The Balaban J connectivity index is 0.00000155. The molecule has 0 saturated carbocycles. The second kappa shape index (κ2) is 10.7. The first-order valence-electron chi connectivity index (χ1n) is 10.4. The monoisotopic (exact) mass is 420 g/mol. The smallest absolute Gasteiger partial charge is 0.201 e. The Morgan fingerprint density at radius 3 is 2.43 bits per heavy atom. The van der Waals surface area contributed by atoms with E-state index in [0.717, 1.165) is 25.7 Å². The van der Waals surface area contributed by atoms with Gasteiger partial charge in [-0.15, -0.1) is 13.2 Å². The second-order valence-corrected chi connectivity index (χ2v) is 7.58. The molecule has 0 aliphatic carbocycles. The highest BCUT2D eigenvalue weighted by Gasteiger charge is 2.32. The minimum Gasteiger partial charge on any atom is -0.450 e. The van der Waals surface area contributed by atoms with Crippen LogP contribution in [0.4, 0.5) is 13.2 Å². The maximum absolute atomic E-state index is 14.8. The number of fused-ring (bicyclic) bond motifs is 1. The van der Waals surface area contributed by atoms with Crippen molar-refractivity contribution in [3.8, 4) is 5.75 Å². The van der Waals surface area contributed by atoms with Crippen molar-refractivity contribution < 1.29 is 22.6 Å². The Bertz CT molecular complexity index is 833. The van der Waals surface area contributed by atoms with Crippen LogP contribution in [0.25, 0.3) is 0 Å². The van der Waals surface area contributed by atoms with Gasteiger partial charge in [0.05, 0.1) is 12.7 Å². The SMILES string of the molecule is C=C.C=C(CC)/C(F)=C1/Oc2c(cc(C3CCC(CCC)OC3)c(F)c2F)CC1=C. The van der Waals surface area contributed by atoms with Gasteiger partial charge in [0.1, 0.15) is 0 Å². The standard InChI is InChI=1S/C23H27F3O2.C2H4/c1-5-7-17-9-8-15(12-27-17)18-11-16-10-14(4)22(19(24)13(3)6-2)28-23(16)21(26)20(18)25;1-2/h11,15,17H,3-10,12H2,1-2H3;1-2H2/b22-19-;. The first-order valence-corrected chi connectivity index (χ1v) is 10.4. The number of ether oxygens (including phenoxy) is 2. The number of allylic oxidation sites excluding steroid dienone is 3. The number of benzene rings is 1. The maximum Gasteiger partial charge on any atom is 0.201 e. The van der Waals surface area contributed by atoms with E-state index in [1.54, 1.807) is 13.0 Å². The van der Waals surface area contributed by atoms with E-state index in [1.807, 2.05) is 0 Å². The van der Waals surface area contributed by atoms with Crippen molar-refractivity contribution in [3.63, 3.8) is 0 Å². The van der Waals surface area contributed by atoms with Gasteiger partial charge in [-0.05, 0) is 48.5 Å². The Hall–Kier alpha value is -2.27. The normalized spacial score (nSPS) is 22.4. The van der Waals surface area contributed by atoms with Crippen LogP contribution in [-0.2, 0) is 11.2 Å². The number of hydrogen-bond donors (Lipinski definition) is 0. The molecule has 1 fully saturated rings. The molecule has 2 aliphatic heterocycles. The van der Waals surface area contributed by atoms with Gasteiger partial charge in [-0.25, -0.2) is 8.78 Å². The summed E-state index contributed by atoms with van der Waals surface area (Å²) in [4.78, 5) is 0. The van der Waals surface area contributed by atoms with Crippen LogP contribution >= 0.6 is 0 Å². The second-order valence-electron chi connectivity index (χ2n) is 7.58. The molecule has 2 nitrogen and oxygen atoms in total. The van der Waals surface area contributed by atoms with E-state index >= 15 is 0 Å². The molecule has 2 heterocycles. The Labute approximate surface area is 177 Å². The molecule has 0 bridgehead atoms. The lowest BCUT2D eigenvalue weighted by molar-refractivity contribution is -0.00186. The molecule has 0 N–H and O–H groups in total. The Morgan fingerprint density at radius 1 is 1.17 bits per heavy atom. The molecule has 1 aromatic rings. The van der Waals surface area contributed by atoms with Crippen molar-refractivity contribution in [2.75, 3.05) is 6.61 Å². The number of rotatable bonds is 5. The molecular weight excluding hydrogens is 389 g/mol. The summed E-state index contributed by atoms with van der Waals surface area (Å²) in [5.41, 5.74) is 1.40. The Kier molecular flexibility index (Phi) is 8.54. The summed E-state index contributed by atoms with van der Waals surface area (Å²) < 4.78 is 55.4. The van der Waals surface area contributed by atoms with E-state index < -0.39 is 17.5 Å². The molecule has 164 valence electrons. The Morgan fingerprint density at radius 2 is 1.87 bits per heavy atom. The quantitative estimate of drug-likeness (QED) is 0.460. The summed E-state index contributed by atoms with van der Waals surface area (Å²) >= 11 is 0. The predicted molar refractivity (Wildman–Crippen MR) is 115 cm³/mol. The zero-order chi connectivity index (χ0) is 22.4. The molecule has 0 radical (unpaired) electrons. The molecular formula is C25H31F3O2. The van der Waals surface area contributed by atoms with Crippen LogP contribution in [0.5, 0.6) is 5.75 Å². The average molecular weight is 421 g/mol. The van der Waals surface area contributed by atoms with Crippen molar-refractivity contribution in [2.24, 2.45) is 0 Å². The van der Waals surface area contributed by atoms with Crippen molar-refractivity contribution in [3.05, 3.63) is 77.9 Å². The zero-order valence-corrected chi connectivity index (χ0v) is 18.0. The van der Waals surface area contributed by atoms with Gasteiger partial charge in [0.2, 0.25) is 5.82 Å². The van der Waals surface area contributed by atoms with Gasteiger partial charge < -0.3 is 9.47 Å². The summed E-state index contributed by atoms with van der Waals surface area (Å²) in [7, 11) is 0. The third-order valence-electron chi connectivity index (χ3n) is 5.55. The molecule has 3 rings (SSSR count). The van der Waals surface area contributed by atoms with E-state index in [0.29, 0.717) is 29.7 Å². The van der Waals surface area contributed by atoms with Crippen molar-refractivity contribution >= 4 is 0 Å². The minimum atomic E-state index is -1.08. The van der Waals surface area contributed by atoms with Gasteiger partial charge in [-0.3, -0.25) is 0 Å². The first-order chi connectivity index (χ1) is 14.4. The molecule has 1 saturated heterocycles. The minimum absolute atomic E-state index is 0.159. The summed E-state index contributed by atoms with van der Waals surface area (Å²) in [5.74, 6) is -3.30. The highest BCUT2D eigenvalue weighted by atomic mass is 19.2. The van der Waals surface area contributed by atoms with Crippen LogP contribution in [0.1, 0.15) is 63.0 Å². The number of halogens is 3. The predicted octanol–water partition coefficient (Wildman–Crippen LogP) is 7.47. The molecule has 0 amide bonds. The van der Waals surface area contributed by atoms with Gasteiger partial charge >= 0.3 is 0 Å². The van der Waals surface area contributed by atoms with Crippen molar-refractivity contribution in [2.45, 2.75) is 64.4 Å². The van der Waals surface area contributed by atoms with Gasteiger partial charge in [0, 0.05) is 17.9 Å². The van der Waals surface area contributed by atoms with Crippen LogP contribution in [0.3, 0.4) is 0 Å². The van der Waals surface area contributed by atoms with Crippen LogP contribution in [-0.4, -0.2) is 12.7 Å². The van der Waals surface area contributed by atoms with Gasteiger partial charge in [0.25, 0.3) is 0 Å². The largest absolute Gasteiger partial charge is 0.450 e.